The molecule has 1 aliphatic carbocycles. The normalized spacial score (nSPS) is 27.1. The van der Waals surface area contributed by atoms with Crippen LogP contribution in [0.2, 0.25) is 5.02 Å². The van der Waals surface area contributed by atoms with Crippen molar-refractivity contribution in [3.8, 4) is 0 Å². The first-order valence-electron chi connectivity index (χ1n) is 7.90. The number of likely N-dealkylation sites (N-methyl/N-ethyl adjacent to an activating group) is 1. The number of nitrogens with zero attached hydrogens (tertiary/aromatic N) is 3. The summed E-state index contributed by atoms with van der Waals surface area (Å²) in [4.78, 5) is 9.62. The van der Waals surface area contributed by atoms with E-state index in [0.29, 0.717) is 18.1 Å². The third kappa shape index (κ3) is 3.50. The van der Waals surface area contributed by atoms with E-state index < -0.39 is 0 Å². The number of aromatic nitrogens is 1. The Hall–Kier alpha value is -0.840. The first-order valence-corrected chi connectivity index (χ1v) is 8.28. The Morgan fingerprint density at radius 2 is 1.90 bits per heavy atom. The molecule has 4 nitrogen and oxygen atoms in total. The Morgan fingerprint density at radius 1 is 1.24 bits per heavy atom. The van der Waals surface area contributed by atoms with E-state index in [1.165, 1.54) is 12.8 Å². The SMILES string of the molecule is CC1CN(c2ccc(Cl)c(CNC3CC3)n2)CC(C)N1C. The summed E-state index contributed by atoms with van der Waals surface area (Å²) in [6.07, 6.45) is 2.57. The van der Waals surface area contributed by atoms with Crippen LogP contribution in [-0.4, -0.2) is 48.1 Å². The van der Waals surface area contributed by atoms with Gasteiger partial charge in [0, 0.05) is 37.8 Å². The van der Waals surface area contributed by atoms with Crippen LogP contribution in [0.5, 0.6) is 0 Å². The molecular formula is C16H25ClN4. The second-order valence-electron chi connectivity index (χ2n) is 6.52. The third-order valence-electron chi connectivity index (χ3n) is 4.72. The van der Waals surface area contributed by atoms with E-state index in [1.54, 1.807) is 0 Å². The maximum atomic E-state index is 6.29. The van der Waals surface area contributed by atoms with Crippen LogP contribution < -0.4 is 10.2 Å². The van der Waals surface area contributed by atoms with Crippen molar-refractivity contribution in [2.75, 3.05) is 25.0 Å². The van der Waals surface area contributed by atoms with Crippen LogP contribution in [0.4, 0.5) is 5.82 Å². The van der Waals surface area contributed by atoms with Crippen LogP contribution in [0, 0.1) is 0 Å². The average molecular weight is 309 g/mol. The Kier molecular flexibility index (Phi) is 4.38. The van der Waals surface area contributed by atoms with Crippen molar-refractivity contribution in [1.82, 2.24) is 15.2 Å². The van der Waals surface area contributed by atoms with Crippen molar-refractivity contribution < 1.29 is 0 Å². The lowest BCUT2D eigenvalue weighted by Crippen LogP contribution is -2.55. The van der Waals surface area contributed by atoms with Crippen LogP contribution in [0.15, 0.2) is 12.1 Å². The Balaban J connectivity index is 1.73. The Bertz CT molecular complexity index is 491. The van der Waals surface area contributed by atoms with Gasteiger partial charge >= 0.3 is 0 Å². The van der Waals surface area contributed by atoms with E-state index in [4.69, 9.17) is 16.6 Å². The van der Waals surface area contributed by atoms with Crippen LogP contribution in [0.3, 0.4) is 0 Å². The van der Waals surface area contributed by atoms with Gasteiger partial charge in [-0.3, -0.25) is 4.90 Å². The highest BCUT2D eigenvalue weighted by atomic mass is 35.5. The van der Waals surface area contributed by atoms with Gasteiger partial charge in [0.1, 0.15) is 5.82 Å². The molecule has 0 amide bonds. The molecule has 1 N–H and O–H groups in total. The number of nitrogens with one attached hydrogen (secondary N) is 1. The molecule has 1 saturated heterocycles. The molecule has 0 radical (unpaired) electrons. The number of hydrogen-bond donors (Lipinski definition) is 1. The summed E-state index contributed by atoms with van der Waals surface area (Å²) >= 11 is 6.29. The standard InChI is InChI=1S/C16H25ClN4/c1-11-9-21(10-12(2)20(11)3)16-7-6-14(17)15(19-16)8-18-13-4-5-13/h6-7,11-13,18H,4-5,8-10H2,1-3H3. The van der Waals surface area contributed by atoms with Gasteiger partial charge in [-0.05, 0) is 45.9 Å². The first-order chi connectivity index (χ1) is 10.0. The zero-order chi connectivity index (χ0) is 15.0. The van der Waals surface area contributed by atoms with Crippen LogP contribution in [0.25, 0.3) is 0 Å². The molecule has 2 aliphatic rings. The number of rotatable bonds is 4. The molecule has 0 spiro atoms. The number of piperazine rings is 1. The monoisotopic (exact) mass is 308 g/mol. The van der Waals surface area contributed by atoms with Gasteiger partial charge in [-0.15, -0.1) is 0 Å². The molecule has 5 heteroatoms. The zero-order valence-corrected chi connectivity index (χ0v) is 13.9. The fourth-order valence-electron chi connectivity index (χ4n) is 2.89. The van der Waals surface area contributed by atoms with Gasteiger partial charge in [0.2, 0.25) is 0 Å². The topological polar surface area (TPSA) is 31.4 Å². The molecule has 0 aromatic carbocycles. The summed E-state index contributed by atoms with van der Waals surface area (Å²) < 4.78 is 0. The van der Waals surface area contributed by atoms with Crippen LogP contribution in [0.1, 0.15) is 32.4 Å². The second kappa shape index (κ2) is 6.11. The maximum Gasteiger partial charge on any atom is 0.129 e. The summed E-state index contributed by atoms with van der Waals surface area (Å²) in [5.41, 5.74) is 0.973. The van der Waals surface area contributed by atoms with Gasteiger partial charge in [-0.25, -0.2) is 4.98 Å². The third-order valence-corrected chi connectivity index (χ3v) is 5.07. The molecule has 116 valence electrons. The minimum Gasteiger partial charge on any atom is -0.353 e. The molecule has 2 atom stereocenters. The predicted molar refractivity (Wildman–Crippen MR) is 88.0 cm³/mol. The summed E-state index contributed by atoms with van der Waals surface area (Å²) in [6, 6.07) is 5.79. The predicted octanol–water partition coefficient (Wildman–Crippen LogP) is 2.52. The Labute approximate surface area is 132 Å². The van der Waals surface area contributed by atoms with Gasteiger partial charge in [-0.1, -0.05) is 11.6 Å². The van der Waals surface area contributed by atoms with E-state index in [2.05, 4.69) is 36.0 Å². The quantitative estimate of drug-likeness (QED) is 0.926. The molecular weight excluding hydrogens is 284 g/mol. The number of anilines is 1. The van der Waals surface area contributed by atoms with Gasteiger partial charge in [-0.2, -0.15) is 0 Å². The maximum absolute atomic E-state index is 6.29. The van der Waals surface area contributed by atoms with E-state index in [0.717, 1.165) is 36.2 Å². The lowest BCUT2D eigenvalue weighted by molar-refractivity contribution is 0.169. The molecule has 0 bridgehead atoms. The van der Waals surface area contributed by atoms with E-state index >= 15 is 0 Å². The second-order valence-corrected chi connectivity index (χ2v) is 6.93. The fourth-order valence-corrected chi connectivity index (χ4v) is 3.06. The van der Waals surface area contributed by atoms with Crippen molar-refractivity contribution in [3.05, 3.63) is 22.8 Å². The number of halogens is 1. The lowest BCUT2D eigenvalue weighted by Gasteiger charge is -2.43. The molecule has 1 saturated carbocycles. The van der Waals surface area contributed by atoms with E-state index in [1.807, 2.05) is 12.1 Å². The molecule has 3 rings (SSSR count). The molecule has 1 aliphatic heterocycles. The fraction of sp³-hybridized carbons (Fsp3) is 0.688. The van der Waals surface area contributed by atoms with Gasteiger partial charge < -0.3 is 10.2 Å². The van der Waals surface area contributed by atoms with Crippen LogP contribution >= 0.6 is 11.6 Å². The number of hydrogen-bond acceptors (Lipinski definition) is 4. The van der Waals surface area contributed by atoms with Crippen molar-refractivity contribution >= 4 is 17.4 Å². The highest BCUT2D eigenvalue weighted by Gasteiger charge is 2.27. The van der Waals surface area contributed by atoms with Gasteiger partial charge in [0.05, 0.1) is 10.7 Å². The van der Waals surface area contributed by atoms with Gasteiger partial charge in [0.15, 0.2) is 0 Å². The highest BCUT2D eigenvalue weighted by molar-refractivity contribution is 6.31. The summed E-state index contributed by atoms with van der Waals surface area (Å²) in [5, 5.41) is 4.26. The minimum atomic E-state index is 0.541. The number of pyridine rings is 1. The summed E-state index contributed by atoms with van der Waals surface area (Å²) in [5.74, 6) is 1.05. The highest BCUT2D eigenvalue weighted by Crippen LogP contribution is 2.25. The van der Waals surface area contributed by atoms with E-state index in [-0.39, 0.29) is 0 Å². The van der Waals surface area contributed by atoms with E-state index in [9.17, 15) is 0 Å². The zero-order valence-electron chi connectivity index (χ0n) is 13.1. The summed E-state index contributed by atoms with van der Waals surface area (Å²) in [6.45, 7) is 7.36. The van der Waals surface area contributed by atoms with Crippen molar-refractivity contribution in [3.63, 3.8) is 0 Å². The van der Waals surface area contributed by atoms with Gasteiger partial charge in [0.25, 0.3) is 0 Å². The largest absolute Gasteiger partial charge is 0.353 e. The van der Waals surface area contributed by atoms with Crippen molar-refractivity contribution in [2.45, 2.75) is 51.4 Å². The Morgan fingerprint density at radius 3 is 2.52 bits per heavy atom. The van der Waals surface area contributed by atoms with Crippen LogP contribution in [-0.2, 0) is 6.54 Å². The molecule has 21 heavy (non-hydrogen) atoms. The molecule has 1 aromatic heterocycles. The first kappa shape index (κ1) is 15.1. The summed E-state index contributed by atoms with van der Waals surface area (Å²) in [7, 11) is 2.20. The smallest absolute Gasteiger partial charge is 0.129 e. The molecule has 2 fully saturated rings. The minimum absolute atomic E-state index is 0.541. The lowest BCUT2D eigenvalue weighted by atomic mass is 10.1. The molecule has 1 aromatic rings. The molecule has 2 unspecified atom stereocenters. The van der Waals surface area contributed by atoms with Crippen molar-refractivity contribution in [1.29, 1.82) is 0 Å². The average Bonchev–Trinajstić information content (AvgIpc) is 3.27. The molecule has 2 heterocycles. The van der Waals surface area contributed by atoms with Crippen molar-refractivity contribution in [2.24, 2.45) is 0 Å².